The van der Waals surface area contributed by atoms with Gasteiger partial charge < -0.3 is 24.4 Å². The Morgan fingerprint density at radius 2 is 1.76 bits per heavy atom. The van der Waals surface area contributed by atoms with Gasteiger partial charge in [-0.25, -0.2) is 9.07 Å². The average Bonchev–Trinajstić information content (AvgIpc) is 3.65. The van der Waals surface area contributed by atoms with Gasteiger partial charge in [-0.15, -0.1) is 5.10 Å². The summed E-state index contributed by atoms with van der Waals surface area (Å²) < 4.78 is 32.5. The molecule has 42 heavy (non-hydrogen) atoms. The second-order valence-electron chi connectivity index (χ2n) is 9.58. The van der Waals surface area contributed by atoms with Crippen molar-refractivity contribution >= 4 is 28.5 Å². The third kappa shape index (κ3) is 5.44. The van der Waals surface area contributed by atoms with E-state index in [1.165, 1.54) is 22.8 Å². The van der Waals surface area contributed by atoms with E-state index in [1.807, 2.05) is 12.1 Å². The number of fused-ring (bicyclic) bond motifs is 2. The number of anilines is 1. The van der Waals surface area contributed by atoms with Gasteiger partial charge in [-0.1, -0.05) is 47.7 Å². The maximum atomic E-state index is 14.9. The summed E-state index contributed by atoms with van der Waals surface area (Å²) in [5.74, 6) is 0.172. The number of ether oxygens (including phenoxy) is 3. The van der Waals surface area contributed by atoms with Crippen LogP contribution in [0.3, 0.4) is 0 Å². The Labute approximate surface area is 240 Å². The van der Waals surface area contributed by atoms with Gasteiger partial charge in [-0.2, -0.15) is 0 Å². The number of benzene rings is 4. The molecule has 6 rings (SSSR count). The molecule has 2 heterocycles. The Kier molecular flexibility index (Phi) is 7.37. The molecular weight excluding hydrogens is 541 g/mol. The molecule has 10 nitrogen and oxygen atoms in total. The zero-order valence-electron chi connectivity index (χ0n) is 22.6. The summed E-state index contributed by atoms with van der Waals surface area (Å²) in [7, 11) is 1.54. The lowest BCUT2D eigenvalue weighted by Crippen LogP contribution is -2.42. The Morgan fingerprint density at radius 1 is 1.00 bits per heavy atom. The maximum Gasteiger partial charge on any atom is 0.251 e. The number of halogens is 1. The molecule has 0 fully saturated rings. The van der Waals surface area contributed by atoms with Gasteiger partial charge in [0.25, 0.3) is 5.91 Å². The molecule has 1 N–H and O–H groups in total. The van der Waals surface area contributed by atoms with Crippen molar-refractivity contribution in [2.24, 2.45) is 0 Å². The number of methoxy groups -OCH3 is 1. The molecule has 1 aromatic heterocycles. The summed E-state index contributed by atoms with van der Waals surface area (Å²) in [6.07, 6.45) is 0. The van der Waals surface area contributed by atoms with E-state index in [1.54, 1.807) is 72.8 Å². The van der Waals surface area contributed by atoms with Gasteiger partial charge in [-0.3, -0.25) is 9.59 Å². The quantitative estimate of drug-likeness (QED) is 0.275. The molecule has 0 radical (unpaired) electrons. The number of rotatable bonds is 9. The van der Waals surface area contributed by atoms with Gasteiger partial charge in [0.05, 0.1) is 12.6 Å². The van der Waals surface area contributed by atoms with Gasteiger partial charge in [-0.05, 0) is 48.0 Å². The van der Waals surface area contributed by atoms with E-state index in [-0.39, 0.29) is 25.4 Å². The van der Waals surface area contributed by atoms with E-state index in [4.69, 9.17) is 14.2 Å². The predicted octanol–water partition coefficient (Wildman–Crippen LogP) is 4.72. The SMILES string of the molecule is COc1ccc([C@@H](C(=O)Nc2ccc3c(c2)OCO3)N(Cc2ccccc2F)C(=O)Cn2nnc3ccccc32)cc1. The molecule has 0 spiro atoms. The topological polar surface area (TPSA) is 108 Å². The molecular formula is C31H26FN5O5. The smallest absolute Gasteiger partial charge is 0.251 e. The first-order valence-electron chi connectivity index (χ1n) is 13.2. The van der Waals surface area contributed by atoms with Crippen LogP contribution in [0.15, 0.2) is 91.0 Å². The minimum atomic E-state index is -1.15. The van der Waals surface area contributed by atoms with Crippen molar-refractivity contribution in [1.29, 1.82) is 0 Å². The van der Waals surface area contributed by atoms with Crippen LogP contribution in [-0.4, -0.2) is 45.6 Å². The lowest BCUT2D eigenvalue weighted by molar-refractivity contribution is -0.140. The molecule has 0 aliphatic carbocycles. The largest absolute Gasteiger partial charge is 0.497 e. The number of nitrogens with zero attached hydrogens (tertiary/aromatic N) is 4. The van der Waals surface area contributed by atoms with Gasteiger partial charge in [0, 0.05) is 23.9 Å². The summed E-state index contributed by atoms with van der Waals surface area (Å²) in [6.45, 7) is -0.314. The zero-order valence-corrected chi connectivity index (χ0v) is 22.6. The highest BCUT2D eigenvalue weighted by molar-refractivity contribution is 5.98. The summed E-state index contributed by atoms with van der Waals surface area (Å²) in [5, 5.41) is 11.2. The molecule has 0 bridgehead atoms. The summed E-state index contributed by atoms with van der Waals surface area (Å²) in [6, 6.07) is 24.1. The summed E-state index contributed by atoms with van der Waals surface area (Å²) in [4.78, 5) is 29.5. The number of hydrogen-bond acceptors (Lipinski definition) is 7. The summed E-state index contributed by atoms with van der Waals surface area (Å²) >= 11 is 0. The molecule has 5 aromatic rings. The number of para-hydroxylation sites is 1. The zero-order chi connectivity index (χ0) is 29.1. The third-order valence-corrected chi connectivity index (χ3v) is 6.96. The number of carbonyl (C=O) groups excluding carboxylic acids is 2. The van der Waals surface area contributed by atoms with Gasteiger partial charge in [0.15, 0.2) is 11.5 Å². The van der Waals surface area contributed by atoms with Crippen molar-refractivity contribution in [2.45, 2.75) is 19.1 Å². The minimum Gasteiger partial charge on any atom is -0.497 e. The van der Waals surface area contributed by atoms with Crippen molar-refractivity contribution in [2.75, 3.05) is 19.2 Å². The van der Waals surface area contributed by atoms with Crippen LogP contribution in [0.1, 0.15) is 17.2 Å². The highest BCUT2D eigenvalue weighted by Gasteiger charge is 2.33. The van der Waals surface area contributed by atoms with E-state index in [2.05, 4.69) is 15.6 Å². The highest BCUT2D eigenvalue weighted by atomic mass is 19.1. The van der Waals surface area contributed by atoms with Crippen LogP contribution < -0.4 is 19.5 Å². The first kappa shape index (κ1) is 26.8. The van der Waals surface area contributed by atoms with Crippen molar-refractivity contribution in [1.82, 2.24) is 19.9 Å². The van der Waals surface area contributed by atoms with E-state index in [0.717, 1.165) is 0 Å². The Balaban J connectivity index is 1.40. The third-order valence-electron chi connectivity index (χ3n) is 6.96. The molecule has 2 amide bonds. The number of nitrogens with one attached hydrogen (secondary N) is 1. The lowest BCUT2D eigenvalue weighted by Gasteiger charge is -2.32. The molecule has 1 aliphatic rings. The van der Waals surface area contributed by atoms with Crippen LogP contribution in [-0.2, 0) is 22.7 Å². The Morgan fingerprint density at radius 3 is 2.57 bits per heavy atom. The number of carbonyl (C=O) groups is 2. The predicted molar refractivity (Wildman–Crippen MR) is 151 cm³/mol. The van der Waals surface area contributed by atoms with Crippen LogP contribution in [0.25, 0.3) is 11.0 Å². The Bertz CT molecular complexity index is 1760. The number of hydrogen-bond donors (Lipinski definition) is 1. The second kappa shape index (κ2) is 11.6. The summed E-state index contributed by atoms with van der Waals surface area (Å²) in [5.41, 5.74) is 2.48. The maximum absolute atomic E-state index is 14.9. The normalized spacial score (nSPS) is 12.6. The number of aromatic nitrogens is 3. The van der Waals surface area contributed by atoms with Crippen LogP contribution in [0.5, 0.6) is 17.2 Å². The van der Waals surface area contributed by atoms with Gasteiger partial charge in [0.1, 0.15) is 29.7 Å². The average molecular weight is 568 g/mol. The first-order chi connectivity index (χ1) is 20.5. The van der Waals surface area contributed by atoms with E-state index in [0.29, 0.717) is 39.5 Å². The van der Waals surface area contributed by atoms with Crippen molar-refractivity contribution in [3.05, 3.63) is 108 Å². The fourth-order valence-electron chi connectivity index (χ4n) is 4.83. The van der Waals surface area contributed by atoms with E-state index >= 15 is 0 Å². The fourth-order valence-corrected chi connectivity index (χ4v) is 4.83. The van der Waals surface area contributed by atoms with Crippen LogP contribution in [0, 0.1) is 5.82 Å². The van der Waals surface area contributed by atoms with E-state index in [9.17, 15) is 14.0 Å². The fraction of sp³-hybridized carbons (Fsp3) is 0.161. The second-order valence-corrected chi connectivity index (χ2v) is 9.58. The monoisotopic (exact) mass is 567 g/mol. The van der Waals surface area contributed by atoms with E-state index < -0.39 is 23.7 Å². The minimum absolute atomic E-state index is 0.0864. The molecule has 4 aromatic carbocycles. The molecule has 1 aliphatic heterocycles. The number of amides is 2. The molecule has 0 unspecified atom stereocenters. The van der Waals surface area contributed by atoms with Crippen LogP contribution >= 0.6 is 0 Å². The molecule has 212 valence electrons. The van der Waals surface area contributed by atoms with Gasteiger partial charge >= 0.3 is 0 Å². The molecule has 0 saturated heterocycles. The Hall–Kier alpha value is -5.45. The molecule has 0 saturated carbocycles. The first-order valence-corrected chi connectivity index (χ1v) is 13.2. The highest BCUT2D eigenvalue weighted by Crippen LogP contribution is 2.35. The van der Waals surface area contributed by atoms with Crippen molar-refractivity contribution in [3.63, 3.8) is 0 Å². The standard InChI is InChI=1S/C31H26FN5O5/c1-40-23-13-10-20(11-14-23)30(31(39)33-22-12-15-27-28(16-22)42-19-41-27)36(17-21-6-2-3-7-24(21)32)29(38)18-37-26-9-5-4-8-25(26)34-35-37/h2-16,30H,17-19H2,1H3,(H,33,39)/t30-/m0/s1. The van der Waals surface area contributed by atoms with Crippen molar-refractivity contribution < 1.29 is 28.2 Å². The van der Waals surface area contributed by atoms with Gasteiger partial charge in [0.2, 0.25) is 12.7 Å². The van der Waals surface area contributed by atoms with Crippen molar-refractivity contribution in [3.8, 4) is 17.2 Å². The van der Waals surface area contributed by atoms with Crippen LogP contribution in [0.2, 0.25) is 0 Å². The van der Waals surface area contributed by atoms with Crippen LogP contribution in [0.4, 0.5) is 10.1 Å². The lowest BCUT2D eigenvalue weighted by atomic mass is 10.0. The molecule has 11 heteroatoms. The molecule has 1 atom stereocenters.